The zero-order valence-electron chi connectivity index (χ0n) is 8.36. The molecule has 0 aliphatic heterocycles. The largest absolute Gasteiger partial charge is 0.388 e. The highest BCUT2D eigenvalue weighted by molar-refractivity contribution is 14.1. The van der Waals surface area contributed by atoms with Gasteiger partial charge in [-0.1, -0.05) is 65.1 Å². The lowest BCUT2D eigenvalue weighted by Gasteiger charge is -2.12. The molecule has 2 heteroatoms. The third-order valence-electron chi connectivity index (χ3n) is 2.56. The van der Waals surface area contributed by atoms with Gasteiger partial charge in [0.05, 0.1) is 6.10 Å². The van der Waals surface area contributed by atoms with Crippen LogP contribution >= 0.6 is 22.6 Å². The quantitative estimate of drug-likeness (QED) is 0.677. The Kier molecular flexibility index (Phi) is 3.59. The van der Waals surface area contributed by atoms with Gasteiger partial charge in [0.1, 0.15) is 0 Å². The van der Waals surface area contributed by atoms with Crippen LogP contribution in [0.5, 0.6) is 0 Å². The molecule has 0 aliphatic rings. The average Bonchev–Trinajstić information content (AvgIpc) is 2.28. The molecule has 0 radical (unpaired) electrons. The summed E-state index contributed by atoms with van der Waals surface area (Å²) in [5, 5.41) is 12.4. The van der Waals surface area contributed by atoms with Crippen molar-refractivity contribution in [2.45, 2.75) is 12.5 Å². The molecular formula is C13H13IO. The Morgan fingerprint density at radius 2 is 1.80 bits per heavy atom. The Morgan fingerprint density at radius 1 is 1.07 bits per heavy atom. The Balaban J connectivity index is 2.50. The first kappa shape index (κ1) is 10.9. The van der Waals surface area contributed by atoms with E-state index < -0.39 is 0 Å². The Bertz CT molecular complexity index is 448. The van der Waals surface area contributed by atoms with Gasteiger partial charge in [-0.2, -0.15) is 0 Å². The normalized spacial score (nSPS) is 12.9. The summed E-state index contributed by atoms with van der Waals surface area (Å²) < 4.78 is 0.974. The summed E-state index contributed by atoms with van der Waals surface area (Å²) in [6.07, 6.45) is 0.474. The third-order valence-corrected chi connectivity index (χ3v) is 3.19. The van der Waals surface area contributed by atoms with Crippen LogP contribution in [0.1, 0.15) is 18.1 Å². The van der Waals surface area contributed by atoms with Gasteiger partial charge in [0.25, 0.3) is 0 Å². The molecule has 0 aromatic heterocycles. The molecule has 2 rings (SSSR count). The van der Waals surface area contributed by atoms with E-state index in [9.17, 15) is 5.11 Å². The second kappa shape index (κ2) is 4.94. The van der Waals surface area contributed by atoms with E-state index in [4.69, 9.17) is 0 Å². The molecule has 2 aromatic carbocycles. The summed E-state index contributed by atoms with van der Waals surface area (Å²) in [5.74, 6) is 0. The van der Waals surface area contributed by atoms with Crippen LogP contribution in [0, 0.1) is 0 Å². The number of benzene rings is 2. The van der Waals surface area contributed by atoms with E-state index in [1.54, 1.807) is 0 Å². The predicted octanol–water partition coefficient (Wildman–Crippen LogP) is 3.70. The van der Waals surface area contributed by atoms with Gasteiger partial charge in [0.2, 0.25) is 0 Å². The van der Waals surface area contributed by atoms with Crippen molar-refractivity contribution in [3.8, 4) is 0 Å². The molecule has 0 heterocycles. The van der Waals surface area contributed by atoms with Gasteiger partial charge in [-0.3, -0.25) is 0 Å². The predicted molar refractivity (Wildman–Crippen MR) is 72.4 cm³/mol. The summed E-state index contributed by atoms with van der Waals surface area (Å²) >= 11 is 2.29. The molecule has 78 valence electrons. The van der Waals surface area contributed by atoms with E-state index in [1.807, 2.05) is 24.3 Å². The molecule has 0 saturated heterocycles. The van der Waals surface area contributed by atoms with Crippen LogP contribution in [0.3, 0.4) is 0 Å². The van der Waals surface area contributed by atoms with E-state index in [2.05, 4.69) is 40.8 Å². The van der Waals surface area contributed by atoms with Crippen LogP contribution < -0.4 is 0 Å². The second-order valence-corrected chi connectivity index (χ2v) is 4.64. The number of aliphatic hydroxyl groups excluding tert-OH is 1. The van der Waals surface area contributed by atoms with Crippen molar-refractivity contribution < 1.29 is 5.11 Å². The maximum atomic E-state index is 10.0. The molecule has 0 aliphatic carbocycles. The summed E-state index contributed by atoms with van der Waals surface area (Å²) in [7, 11) is 0. The zero-order chi connectivity index (χ0) is 10.7. The van der Waals surface area contributed by atoms with E-state index in [-0.39, 0.29) is 6.10 Å². The molecule has 15 heavy (non-hydrogen) atoms. The van der Waals surface area contributed by atoms with Crippen LogP contribution in [-0.2, 0) is 0 Å². The van der Waals surface area contributed by atoms with Crippen molar-refractivity contribution in [1.29, 1.82) is 0 Å². The summed E-state index contributed by atoms with van der Waals surface area (Å²) in [4.78, 5) is 0. The molecule has 0 spiro atoms. The van der Waals surface area contributed by atoms with Crippen LogP contribution in [0.15, 0.2) is 42.5 Å². The van der Waals surface area contributed by atoms with Gasteiger partial charge in [0, 0.05) is 4.43 Å². The Labute approximate surface area is 103 Å². The van der Waals surface area contributed by atoms with Gasteiger partial charge >= 0.3 is 0 Å². The van der Waals surface area contributed by atoms with Gasteiger partial charge in [0.15, 0.2) is 0 Å². The SMILES string of the molecule is OC(CCI)c1cccc2ccccc12. The number of fused-ring (bicyclic) bond motifs is 1. The fourth-order valence-electron chi connectivity index (χ4n) is 1.80. The molecule has 1 unspecified atom stereocenters. The summed E-state index contributed by atoms with van der Waals surface area (Å²) in [5.41, 5.74) is 1.05. The number of rotatable bonds is 3. The summed E-state index contributed by atoms with van der Waals surface area (Å²) in [6, 6.07) is 14.3. The van der Waals surface area contributed by atoms with E-state index in [0.717, 1.165) is 21.8 Å². The molecule has 1 N–H and O–H groups in total. The highest BCUT2D eigenvalue weighted by atomic mass is 127. The van der Waals surface area contributed by atoms with Crippen molar-refractivity contribution in [1.82, 2.24) is 0 Å². The van der Waals surface area contributed by atoms with Crippen LogP contribution in [0.4, 0.5) is 0 Å². The minimum Gasteiger partial charge on any atom is -0.388 e. The first-order valence-corrected chi connectivity index (χ1v) is 6.57. The van der Waals surface area contributed by atoms with Crippen LogP contribution in [-0.4, -0.2) is 9.53 Å². The molecule has 1 atom stereocenters. The van der Waals surface area contributed by atoms with Gasteiger partial charge in [-0.25, -0.2) is 0 Å². The first-order valence-electron chi connectivity index (χ1n) is 5.04. The van der Waals surface area contributed by atoms with E-state index >= 15 is 0 Å². The minimum atomic E-state index is -0.340. The van der Waals surface area contributed by atoms with Crippen molar-refractivity contribution in [2.75, 3.05) is 4.43 Å². The van der Waals surface area contributed by atoms with Gasteiger partial charge in [-0.05, 0) is 22.8 Å². The van der Waals surface area contributed by atoms with Gasteiger partial charge in [-0.15, -0.1) is 0 Å². The highest BCUT2D eigenvalue weighted by Crippen LogP contribution is 2.26. The molecule has 2 aromatic rings. The maximum Gasteiger partial charge on any atom is 0.0803 e. The monoisotopic (exact) mass is 312 g/mol. The standard InChI is InChI=1S/C13H13IO/c14-9-8-13(15)12-7-3-5-10-4-1-2-6-11(10)12/h1-7,13,15H,8-9H2. The summed E-state index contributed by atoms with van der Waals surface area (Å²) in [6.45, 7) is 0. The molecular weight excluding hydrogens is 299 g/mol. The Morgan fingerprint density at radius 3 is 2.60 bits per heavy atom. The lowest BCUT2D eigenvalue weighted by Crippen LogP contribution is -1.98. The van der Waals surface area contributed by atoms with Crippen molar-refractivity contribution in [2.24, 2.45) is 0 Å². The average molecular weight is 312 g/mol. The minimum absolute atomic E-state index is 0.340. The fraction of sp³-hybridized carbons (Fsp3) is 0.231. The number of hydrogen-bond donors (Lipinski definition) is 1. The number of alkyl halides is 1. The lowest BCUT2D eigenvalue weighted by molar-refractivity contribution is 0.177. The lowest BCUT2D eigenvalue weighted by atomic mass is 9.99. The Hall–Kier alpha value is -0.610. The molecule has 0 fully saturated rings. The number of halogens is 1. The fourth-order valence-corrected chi connectivity index (χ4v) is 2.39. The first-order chi connectivity index (χ1) is 7.33. The zero-order valence-corrected chi connectivity index (χ0v) is 10.5. The smallest absolute Gasteiger partial charge is 0.0803 e. The third kappa shape index (κ3) is 2.32. The van der Waals surface area contributed by atoms with E-state index in [1.165, 1.54) is 5.39 Å². The topological polar surface area (TPSA) is 20.2 Å². The molecule has 0 bridgehead atoms. The van der Waals surface area contributed by atoms with Crippen molar-refractivity contribution in [3.05, 3.63) is 48.0 Å². The maximum absolute atomic E-state index is 10.0. The molecule has 0 saturated carbocycles. The van der Waals surface area contributed by atoms with E-state index in [0.29, 0.717) is 0 Å². The highest BCUT2D eigenvalue weighted by Gasteiger charge is 2.09. The second-order valence-electron chi connectivity index (χ2n) is 3.56. The van der Waals surface area contributed by atoms with Crippen molar-refractivity contribution in [3.63, 3.8) is 0 Å². The number of aliphatic hydroxyl groups is 1. The molecule has 1 nitrogen and oxygen atoms in total. The van der Waals surface area contributed by atoms with Crippen LogP contribution in [0.25, 0.3) is 10.8 Å². The van der Waals surface area contributed by atoms with Crippen molar-refractivity contribution >= 4 is 33.4 Å². The van der Waals surface area contributed by atoms with Crippen LogP contribution in [0.2, 0.25) is 0 Å². The number of hydrogen-bond acceptors (Lipinski definition) is 1. The van der Waals surface area contributed by atoms with Gasteiger partial charge < -0.3 is 5.11 Å². The molecule has 0 amide bonds.